The lowest BCUT2D eigenvalue weighted by Gasteiger charge is -2.27. The van der Waals surface area contributed by atoms with Gasteiger partial charge in [-0.05, 0) is 43.9 Å². The summed E-state index contributed by atoms with van der Waals surface area (Å²) >= 11 is 0. The van der Waals surface area contributed by atoms with E-state index in [0.29, 0.717) is 19.1 Å². The third kappa shape index (κ3) is 5.36. The minimum Gasteiger partial charge on any atom is -0.494 e. The number of nitrogens with zero attached hydrogens (tertiary/aromatic N) is 1. The van der Waals surface area contributed by atoms with Crippen LogP contribution in [-0.2, 0) is 4.79 Å². The van der Waals surface area contributed by atoms with Crippen molar-refractivity contribution in [3.63, 3.8) is 0 Å². The first-order valence-corrected chi connectivity index (χ1v) is 8.62. The molecule has 122 valence electrons. The zero-order valence-corrected chi connectivity index (χ0v) is 14.0. The predicted octanol–water partition coefficient (Wildman–Crippen LogP) is 4.34. The number of hydrogen-bond donors (Lipinski definition) is 0. The van der Waals surface area contributed by atoms with Gasteiger partial charge in [0.1, 0.15) is 5.75 Å². The first kappa shape index (κ1) is 16.9. The molecular weight excluding hydrogens is 274 g/mol. The van der Waals surface area contributed by atoms with Crippen LogP contribution >= 0.6 is 0 Å². The first-order chi connectivity index (χ1) is 10.7. The number of rotatable bonds is 6. The van der Waals surface area contributed by atoms with Crippen molar-refractivity contribution < 1.29 is 9.53 Å². The number of carbonyl (C=O) groups excluding carboxylic acids is 1. The molecule has 0 bridgehead atoms. The van der Waals surface area contributed by atoms with Crippen molar-refractivity contribution in [2.75, 3.05) is 13.7 Å². The SMILES string of the molecule is Cc1cccc(OCCCC(=O)N(C)C2CCCCCC2)c1. The zero-order chi connectivity index (χ0) is 15.8. The van der Waals surface area contributed by atoms with Crippen LogP contribution < -0.4 is 4.74 Å². The summed E-state index contributed by atoms with van der Waals surface area (Å²) in [4.78, 5) is 14.3. The molecule has 0 aromatic heterocycles. The van der Waals surface area contributed by atoms with E-state index in [4.69, 9.17) is 4.74 Å². The molecule has 1 aliphatic rings. The molecule has 3 heteroatoms. The van der Waals surface area contributed by atoms with E-state index in [-0.39, 0.29) is 5.91 Å². The zero-order valence-electron chi connectivity index (χ0n) is 14.0. The molecule has 2 rings (SSSR count). The van der Waals surface area contributed by atoms with Crippen molar-refractivity contribution in [2.45, 2.75) is 64.3 Å². The molecule has 0 atom stereocenters. The van der Waals surface area contributed by atoms with Crippen molar-refractivity contribution in [3.05, 3.63) is 29.8 Å². The van der Waals surface area contributed by atoms with Crippen LogP contribution in [0.3, 0.4) is 0 Å². The van der Waals surface area contributed by atoms with E-state index < -0.39 is 0 Å². The topological polar surface area (TPSA) is 29.5 Å². The molecule has 0 unspecified atom stereocenters. The van der Waals surface area contributed by atoms with Gasteiger partial charge in [0.15, 0.2) is 0 Å². The van der Waals surface area contributed by atoms with Crippen LogP contribution in [0.25, 0.3) is 0 Å². The maximum Gasteiger partial charge on any atom is 0.222 e. The van der Waals surface area contributed by atoms with E-state index in [0.717, 1.165) is 12.2 Å². The van der Waals surface area contributed by atoms with E-state index in [1.807, 2.05) is 30.1 Å². The molecule has 0 radical (unpaired) electrons. The van der Waals surface area contributed by atoms with Gasteiger partial charge < -0.3 is 9.64 Å². The second-order valence-electron chi connectivity index (χ2n) is 6.42. The maximum atomic E-state index is 12.3. The normalized spacial score (nSPS) is 16.1. The Hall–Kier alpha value is -1.51. The number of amides is 1. The Labute approximate surface area is 134 Å². The fourth-order valence-corrected chi connectivity index (χ4v) is 3.14. The van der Waals surface area contributed by atoms with Gasteiger partial charge in [-0.3, -0.25) is 4.79 Å². The predicted molar refractivity (Wildman–Crippen MR) is 90.2 cm³/mol. The van der Waals surface area contributed by atoms with Crippen molar-refractivity contribution in [1.29, 1.82) is 0 Å². The third-order valence-corrected chi connectivity index (χ3v) is 4.56. The van der Waals surface area contributed by atoms with Gasteiger partial charge in [0.25, 0.3) is 0 Å². The highest BCUT2D eigenvalue weighted by Gasteiger charge is 2.20. The molecule has 0 heterocycles. The largest absolute Gasteiger partial charge is 0.494 e. The summed E-state index contributed by atoms with van der Waals surface area (Å²) in [6.07, 6.45) is 8.87. The molecule has 1 fully saturated rings. The highest BCUT2D eigenvalue weighted by molar-refractivity contribution is 5.76. The van der Waals surface area contributed by atoms with Gasteiger partial charge in [0.05, 0.1) is 6.61 Å². The molecule has 22 heavy (non-hydrogen) atoms. The summed E-state index contributed by atoms with van der Waals surface area (Å²) in [5, 5.41) is 0. The summed E-state index contributed by atoms with van der Waals surface area (Å²) in [5.74, 6) is 1.16. The van der Waals surface area contributed by atoms with E-state index in [1.54, 1.807) is 0 Å². The van der Waals surface area contributed by atoms with Gasteiger partial charge in [0, 0.05) is 19.5 Å². The van der Waals surface area contributed by atoms with Gasteiger partial charge >= 0.3 is 0 Å². The summed E-state index contributed by atoms with van der Waals surface area (Å²) < 4.78 is 5.71. The average molecular weight is 303 g/mol. The third-order valence-electron chi connectivity index (χ3n) is 4.56. The summed E-state index contributed by atoms with van der Waals surface area (Å²) in [6.45, 7) is 2.66. The van der Waals surface area contributed by atoms with E-state index in [2.05, 4.69) is 13.0 Å². The lowest BCUT2D eigenvalue weighted by Crippen LogP contribution is -2.36. The van der Waals surface area contributed by atoms with E-state index in [9.17, 15) is 4.79 Å². The van der Waals surface area contributed by atoms with E-state index in [1.165, 1.54) is 44.1 Å². The Morgan fingerprint density at radius 2 is 1.95 bits per heavy atom. The second kappa shape index (κ2) is 8.82. The summed E-state index contributed by atoms with van der Waals surface area (Å²) in [5.41, 5.74) is 1.20. The van der Waals surface area contributed by atoms with Crippen LogP contribution in [0.4, 0.5) is 0 Å². The molecule has 0 saturated heterocycles. The van der Waals surface area contributed by atoms with Gasteiger partial charge in [0.2, 0.25) is 5.91 Å². The van der Waals surface area contributed by atoms with Crippen molar-refractivity contribution in [1.82, 2.24) is 4.90 Å². The van der Waals surface area contributed by atoms with Crippen LogP contribution in [-0.4, -0.2) is 30.5 Å². The fourth-order valence-electron chi connectivity index (χ4n) is 3.14. The Morgan fingerprint density at radius 3 is 2.64 bits per heavy atom. The molecule has 0 aliphatic heterocycles. The van der Waals surface area contributed by atoms with Crippen LogP contribution in [0.2, 0.25) is 0 Å². The van der Waals surface area contributed by atoms with Gasteiger partial charge in [-0.15, -0.1) is 0 Å². The minimum atomic E-state index is 0.264. The Morgan fingerprint density at radius 1 is 1.23 bits per heavy atom. The number of ether oxygens (including phenoxy) is 1. The smallest absolute Gasteiger partial charge is 0.222 e. The molecule has 0 spiro atoms. The molecule has 1 aromatic rings. The minimum absolute atomic E-state index is 0.264. The average Bonchev–Trinajstić information content (AvgIpc) is 2.80. The van der Waals surface area contributed by atoms with Gasteiger partial charge in [-0.25, -0.2) is 0 Å². The number of hydrogen-bond acceptors (Lipinski definition) is 2. The van der Waals surface area contributed by atoms with Crippen molar-refractivity contribution >= 4 is 5.91 Å². The summed E-state index contributed by atoms with van der Waals surface area (Å²) in [6, 6.07) is 8.49. The first-order valence-electron chi connectivity index (χ1n) is 8.62. The monoisotopic (exact) mass is 303 g/mol. The number of aryl methyl sites for hydroxylation is 1. The van der Waals surface area contributed by atoms with Crippen LogP contribution in [0, 0.1) is 6.92 Å². The molecule has 1 aliphatic carbocycles. The fraction of sp³-hybridized carbons (Fsp3) is 0.632. The Kier molecular flexibility index (Phi) is 6.75. The molecule has 3 nitrogen and oxygen atoms in total. The molecule has 1 amide bonds. The Balaban J connectivity index is 1.68. The number of carbonyl (C=O) groups is 1. The van der Waals surface area contributed by atoms with Crippen LogP contribution in [0.15, 0.2) is 24.3 Å². The quantitative estimate of drug-likeness (QED) is 0.578. The Bertz CT molecular complexity index is 464. The number of benzene rings is 1. The van der Waals surface area contributed by atoms with Crippen molar-refractivity contribution in [3.8, 4) is 5.75 Å². The second-order valence-corrected chi connectivity index (χ2v) is 6.42. The standard InChI is InChI=1S/C19H29NO2/c1-16-9-7-12-18(15-16)22-14-8-13-19(21)20(2)17-10-5-3-4-6-11-17/h7,9,12,15,17H,3-6,8,10-11,13-14H2,1-2H3. The lowest BCUT2D eigenvalue weighted by atomic mass is 10.1. The van der Waals surface area contributed by atoms with Crippen LogP contribution in [0.1, 0.15) is 56.9 Å². The van der Waals surface area contributed by atoms with Gasteiger partial charge in [-0.1, -0.05) is 37.8 Å². The van der Waals surface area contributed by atoms with Crippen molar-refractivity contribution in [2.24, 2.45) is 0 Å². The molecule has 1 aromatic carbocycles. The summed E-state index contributed by atoms with van der Waals surface area (Å²) in [7, 11) is 1.97. The highest BCUT2D eigenvalue weighted by Crippen LogP contribution is 2.21. The lowest BCUT2D eigenvalue weighted by molar-refractivity contribution is -0.132. The molecular formula is C19H29NO2. The highest BCUT2D eigenvalue weighted by atomic mass is 16.5. The molecule has 1 saturated carbocycles. The van der Waals surface area contributed by atoms with Gasteiger partial charge in [-0.2, -0.15) is 0 Å². The molecule has 0 N–H and O–H groups in total. The van der Waals surface area contributed by atoms with Crippen LogP contribution in [0.5, 0.6) is 5.75 Å². The maximum absolute atomic E-state index is 12.3. The van der Waals surface area contributed by atoms with E-state index >= 15 is 0 Å².